The number of carbonyl (C=O) groups excluding carboxylic acids is 1. The molecular weight excluding hydrogens is 370 g/mol. The molecule has 3 saturated carbocycles. The zero-order valence-corrected chi connectivity index (χ0v) is 15.9. The lowest BCUT2D eigenvalue weighted by molar-refractivity contribution is -0.402. The molecule has 3 fully saturated rings. The van der Waals surface area contributed by atoms with Gasteiger partial charge < -0.3 is 9.73 Å². The highest BCUT2D eigenvalue weighted by atomic mass is 32.1. The van der Waals surface area contributed by atoms with Gasteiger partial charge in [-0.2, -0.15) is 0 Å². The van der Waals surface area contributed by atoms with Crippen molar-refractivity contribution in [2.24, 2.45) is 23.2 Å². The molecule has 144 valence electrons. The van der Waals surface area contributed by atoms with Gasteiger partial charge in [-0.3, -0.25) is 20.2 Å². The summed E-state index contributed by atoms with van der Waals surface area (Å²) in [7, 11) is 0. The van der Waals surface area contributed by atoms with Crippen molar-refractivity contribution >= 4 is 33.4 Å². The molecule has 9 nitrogen and oxygen atoms in total. The summed E-state index contributed by atoms with van der Waals surface area (Å²) in [5.41, 5.74) is 0.441. The third kappa shape index (κ3) is 3.29. The summed E-state index contributed by atoms with van der Waals surface area (Å²) in [4.78, 5) is 22.0. The smallest absolute Gasteiger partial charge is 0.395 e. The number of carbonyl (C=O) groups is 1. The van der Waals surface area contributed by atoms with Gasteiger partial charge in [0.1, 0.15) is 4.92 Å². The van der Waals surface area contributed by atoms with Crippen LogP contribution in [0, 0.1) is 33.3 Å². The van der Waals surface area contributed by atoms with Crippen LogP contribution in [-0.4, -0.2) is 27.6 Å². The summed E-state index contributed by atoms with van der Waals surface area (Å²) in [5.74, 6) is 1.05. The zero-order chi connectivity index (χ0) is 19.2. The number of nitrogens with one attached hydrogen (secondary N) is 2. The highest BCUT2D eigenvalue weighted by Crippen LogP contribution is 2.61. The lowest BCUT2D eigenvalue weighted by Gasteiger charge is -2.60. The summed E-state index contributed by atoms with van der Waals surface area (Å²) in [6, 6.07) is 2.39. The van der Waals surface area contributed by atoms with E-state index in [1.807, 2.05) is 0 Å². The van der Waals surface area contributed by atoms with Crippen molar-refractivity contribution in [1.82, 2.24) is 10.2 Å². The second-order valence-corrected chi connectivity index (χ2v) is 8.82. The number of aromatic nitrogens is 2. The molecule has 5 rings (SSSR count). The monoisotopic (exact) mass is 391 g/mol. The number of amides is 1. The first kappa shape index (κ1) is 17.9. The second-order valence-electron chi connectivity index (χ2n) is 7.84. The van der Waals surface area contributed by atoms with Gasteiger partial charge in [-0.25, -0.2) is 0 Å². The van der Waals surface area contributed by atoms with Gasteiger partial charge in [0.05, 0.1) is 6.07 Å². The normalized spacial score (nSPS) is 25.5. The fraction of sp³-hybridized carbons (Fsp3) is 0.588. The molecule has 0 spiro atoms. The summed E-state index contributed by atoms with van der Waals surface area (Å²) < 4.78 is 4.88. The minimum Gasteiger partial charge on any atom is -0.395 e. The Morgan fingerprint density at radius 3 is 2.81 bits per heavy atom. The molecule has 0 aliphatic heterocycles. The van der Waals surface area contributed by atoms with E-state index in [0.717, 1.165) is 24.4 Å². The van der Waals surface area contributed by atoms with Gasteiger partial charge in [-0.15, -0.1) is 10.2 Å². The Labute approximate surface area is 159 Å². The lowest BCUT2D eigenvalue weighted by Crippen LogP contribution is -2.53. The average molecular weight is 391 g/mol. The topological polar surface area (TPSA) is 123 Å². The Kier molecular flexibility index (Phi) is 4.37. The molecule has 2 N–H and O–H groups in total. The first-order chi connectivity index (χ1) is 12.8. The van der Waals surface area contributed by atoms with Gasteiger partial charge in [-0.05, 0) is 48.5 Å². The molecule has 27 heavy (non-hydrogen) atoms. The Morgan fingerprint density at radius 2 is 2.15 bits per heavy atom. The average Bonchev–Trinajstić information content (AvgIpc) is 3.29. The van der Waals surface area contributed by atoms with Crippen molar-refractivity contribution in [3.63, 3.8) is 0 Å². The van der Waals surface area contributed by atoms with Gasteiger partial charge in [0.25, 0.3) is 5.91 Å². The van der Waals surface area contributed by atoms with E-state index in [4.69, 9.17) is 4.42 Å². The summed E-state index contributed by atoms with van der Waals surface area (Å²) in [6.07, 6.45) is 3.86. The molecule has 2 heterocycles. The predicted octanol–water partition coefficient (Wildman–Crippen LogP) is 3.78. The Balaban J connectivity index is 1.32. The lowest BCUT2D eigenvalue weighted by atomic mass is 9.45. The fourth-order valence-electron chi connectivity index (χ4n) is 4.48. The van der Waals surface area contributed by atoms with Gasteiger partial charge in [-0.1, -0.05) is 25.2 Å². The predicted molar refractivity (Wildman–Crippen MR) is 99.8 cm³/mol. The molecule has 3 aliphatic rings. The van der Waals surface area contributed by atoms with Crippen molar-refractivity contribution in [1.29, 1.82) is 0 Å². The Bertz CT molecular complexity index is 874. The summed E-state index contributed by atoms with van der Waals surface area (Å²) in [5, 5.41) is 25.5. The van der Waals surface area contributed by atoms with Crippen LogP contribution >= 0.6 is 11.3 Å². The Hall–Kier alpha value is -2.49. The molecule has 2 bridgehead atoms. The van der Waals surface area contributed by atoms with Crippen LogP contribution < -0.4 is 10.6 Å². The van der Waals surface area contributed by atoms with Crippen LogP contribution in [-0.2, 0) is 0 Å². The fourth-order valence-corrected chi connectivity index (χ4v) is 5.12. The van der Waals surface area contributed by atoms with Crippen LogP contribution in [0.1, 0.15) is 43.7 Å². The zero-order valence-electron chi connectivity index (χ0n) is 15.1. The number of furan rings is 1. The van der Waals surface area contributed by atoms with Crippen LogP contribution in [0.2, 0.25) is 0 Å². The molecule has 0 radical (unpaired) electrons. The molecule has 3 aliphatic carbocycles. The number of nitro groups is 1. The number of anilines is 2. The Morgan fingerprint density at radius 1 is 1.37 bits per heavy atom. The maximum Gasteiger partial charge on any atom is 0.433 e. The minimum absolute atomic E-state index is 0.143. The first-order valence-corrected chi connectivity index (χ1v) is 9.79. The van der Waals surface area contributed by atoms with Gasteiger partial charge in [0.2, 0.25) is 10.3 Å². The van der Waals surface area contributed by atoms with Crippen LogP contribution in [0.4, 0.5) is 16.1 Å². The third-order valence-corrected chi connectivity index (χ3v) is 6.95. The van der Waals surface area contributed by atoms with Crippen molar-refractivity contribution in [2.45, 2.75) is 33.1 Å². The highest BCUT2D eigenvalue weighted by Gasteiger charge is 2.53. The standard InChI is InChI=1S/C17H21N5O4S/c1-17(2)10-4-3-9(11(17)7-10)8-18-15-20-21-16(27-15)19-14(23)12-5-6-13(26-12)22(24)25/h5-6,9-11H,3-4,7-8H2,1-2H3,(H,18,20)(H,19,21,23)/t9-,10?,11?/m0/s1. The molecule has 10 heteroatoms. The van der Waals surface area contributed by atoms with E-state index in [-0.39, 0.29) is 5.76 Å². The maximum absolute atomic E-state index is 12.1. The molecule has 2 aromatic heterocycles. The van der Waals surface area contributed by atoms with Crippen LogP contribution in [0.3, 0.4) is 0 Å². The van der Waals surface area contributed by atoms with Crippen molar-refractivity contribution in [2.75, 3.05) is 17.2 Å². The van der Waals surface area contributed by atoms with Crippen LogP contribution in [0.25, 0.3) is 0 Å². The van der Waals surface area contributed by atoms with Crippen LogP contribution in [0.15, 0.2) is 16.5 Å². The van der Waals surface area contributed by atoms with E-state index in [9.17, 15) is 14.9 Å². The molecule has 3 atom stereocenters. The number of nitrogens with zero attached hydrogens (tertiary/aromatic N) is 3. The van der Waals surface area contributed by atoms with Gasteiger partial charge in [0.15, 0.2) is 5.76 Å². The number of fused-ring (bicyclic) bond motifs is 2. The molecule has 1 amide bonds. The highest BCUT2D eigenvalue weighted by molar-refractivity contribution is 7.19. The van der Waals surface area contributed by atoms with E-state index in [0.29, 0.717) is 21.6 Å². The molecular formula is C17H21N5O4S. The minimum atomic E-state index is -0.694. The summed E-state index contributed by atoms with van der Waals surface area (Å²) in [6.45, 7) is 5.60. The summed E-state index contributed by atoms with van der Waals surface area (Å²) >= 11 is 1.23. The number of hydrogen-bond acceptors (Lipinski definition) is 8. The largest absolute Gasteiger partial charge is 0.433 e. The van der Waals surface area contributed by atoms with E-state index in [1.165, 1.54) is 36.7 Å². The van der Waals surface area contributed by atoms with Crippen LogP contribution in [0.5, 0.6) is 0 Å². The van der Waals surface area contributed by atoms with Crippen molar-refractivity contribution in [3.05, 3.63) is 28.0 Å². The van der Waals surface area contributed by atoms with Crippen molar-refractivity contribution in [3.8, 4) is 0 Å². The van der Waals surface area contributed by atoms with Gasteiger partial charge >= 0.3 is 5.88 Å². The molecule has 2 unspecified atom stereocenters. The van der Waals surface area contributed by atoms with E-state index in [1.54, 1.807) is 0 Å². The first-order valence-electron chi connectivity index (χ1n) is 8.97. The molecule has 2 aromatic rings. The third-order valence-electron chi connectivity index (χ3n) is 6.16. The number of hydrogen-bond donors (Lipinski definition) is 2. The maximum atomic E-state index is 12.1. The van der Waals surface area contributed by atoms with E-state index >= 15 is 0 Å². The van der Waals surface area contributed by atoms with Crippen molar-refractivity contribution < 1.29 is 14.1 Å². The second kappa shape index (κ2) is 6.59. The quantitative estimate of drug-likeness (QED) is 0.567. The van der Waals surface area contributed by atoms with Gasteiger partial charge in [0, 0.05) is 6.54 Å². The van der Waals surface area contributed by atoms with E-state index in [2.05, 4.69) is 34.7 Å². The van der Waals surface area contributed by atoms with E-state index < -0.39 is 16.7 Å². The molecule has 0 aromatic carbocycles. The molecule has 0 saturated heterocycles. The number of rotatable bonds is 6. The SMILES string of the molecule is CC1(C)C2CC[C@@H](CNc3nnc(NC(=O)c4ccc([N+](=O)[O-])o4)s3)C1C2.